The van der Waals surface area contributed by atoms with Crippen LogP contribution in [0, 0.1) is 0 Å². The topological polar surface area (TPSA) is 173 Å². The molecule has 13 nitrogen and oxygen atoms in total. The Kier molecular flexibility index (Phi) is 10.3. The Hall–Kier alpha value is -3.34. The van der Waals surface area contributed by atoms with Crippen LogP contribution in [0.15, 0.2) is 62.1 Å². The van der Waals surface area contributed by atoms with Crippen molar-refractivity contribution in [2.75, 3.05) is 26.4 Å². The van der Waals surface area contributed by atoms with E-state index in [0.29, 0.717) is 0 Å². The highest BCUT2D eigenvalue weighted by molar-refractivity contribution is 7.81. The minimum absolute atomic E-state index is 0.159. The molecule has 0 saturated carbocycles. The average Bonchev–Trinajstić information content (AvgIpc) is 2.76. The molecule has 0 unspecified atom stereocenters. The lowest BCUT2D eigenvalue weighted by atomic mass is 10.2. The first-order valence-corrected chi connectivity index (χ1v) is 12.2. The monoisotopic (exact) mass is 534 g/mol. The van der Waals surface area contributed by atoms with Crippen LogP contribution in [0.2, 0.25) is 0 Å². The first-order chi connectivity index (χ1) is 16.5. The van der Waals surface area contributed by atoms with Gasteiger partial charge in [0.05, 0.1) is 12.5 Å². The molecule has 35 heavy (non-hydrogen) atoms. The fourth-order valence-electron chi connectivity index (χ4n) is 2.42. The van der Waals surface area contributed by atoms with Crippen LogP contribution in [0.5, 0.6) is 34.5 Å². The van der Waals surface area contributed by atoms with E-state index >= 15 is 0 Å². The molecule has 0 aromatic heterocycles. The molecule has 192 valence electrons. The first kappa shape index (κ1) is 27.9. The van der Waals surface area contributed by atoms with Crippen molar-refractivity contribution in [1.29, 1.82) is 0 Å². The van der Waals surface area contributed by atoms with Gasteiger partial charge in [0, 0.05) is 12.1 Å². The molecule has 0 radical (unpaired) electrons. The van der Waals surface area contributed by atoms with Gasteiger partial charge in [0.2, 0.25) is 0 Å². The molecule has 0 aliphatic heterocycles. The highest BCUT2D eigenvalue weighted by atomic mass is 32.3. The summed E-state index contributed by atoms with van der Waals surface area (Å²) in [7, 11) is -9.21. The van der Waals surface area contributed by atoms with Crippen LogP contribution in [0.25, 0.3) is 0 Å². The molecule has 0 bridgehead atoms. The molecule has 0 saturated heterocycles. The summed E-state index contributed by atoms with van der Waals surface area (Å²) in [5.41, 5.74) is 0. The molecule has 0 aliphatic carbocycles. The number of benzene rings is 2. The SMILES string of the molecule is C=COc1ccc(Oc2ccc(OC=C)c(OCCOS(=O)(=O)O)c2)cc1OCCOS(=O)(=O)O. The predicted molar refractivity (Wildman–Crippen MR) is 121 cm³/mol. The summed E-state index contributed by atoms with van der Waals surface area (Å²) < 4.78 is 95.3. The van der Waals surface area contributed by atoms with E-state index in [9.17, 15) is 16.8 Å². The summed E-state index contributed by atoms with van der Waals surface area (Å²) in [5.74, 6) is 1.38. The van der Waals surface area contributed by atoms with Crippen molar-refractivity contribution in [2.45, 2.75) is 0 Å². The maximum atomic E-state index is 10.6. The Bertz CT molecular complexity index is 1130. The van der Waals surface area contributed by atoms with E-state index < -0.39 is 34.0 Å². The summed E-state index contributed by atoms with van der Waals surface area (Å²) in [6.45, 7) is 5.52. The normalized spacial score (nSPS) is 11.4. The average molecular weight is 535 g/mol. The zero-order valence-electron chi connectivity index (χ0n) is 18.1. The van der Waals surface area contributed by atoms with E-state index in [1.807, 2.05) is 0 Å². The van der Waals surface area contributed by atoms with Crippen molar-refractivity contribution in [3.63, 3.8) is 0 Å². The second-order valence-electron chi connectivity index (χ2n) is 6.08. The van der Waals surface area contributed by atoms with Crippen LogP contribution in [0.4, 0.5) is 0 Å². The summed E-state index contributed by atoms with van der Waals surface area (Å²) in [5, 5.41) is 0. The van der Waals surface area contributed by atoms with Gasteiger partial charge in [0.25, 0.3) is 0 Å². The van der Waals surface area contributed by atoms with Gasteiger partial charge in [0.15, 0.2) is 23.0 Å². The van der Waals surface area contributed by atoms with E-state index in [-0.39, 0.29) is 47.7 Å². The number of rotatable bonds is 16. The van der Waals surface area contributed by atoms with Gasteiger partial charge in [-0.05, 0) is 24.3 Å². The highest BCUT2D eigenvalue weighted by Crippen LogP contribution is 2.37. The molecule has 2 aromatic carbocycles. The van der Waals surface area contributed by atoms with Crippen LogP contribution in [0.1, 0.15) is 0 Å². The van der Waals surface area contributed by atoms with E-state index in [0.717, 1.165) is 12.5 Å². The lowest BCUT2D eigenvalue weighted by Gasteiger charge is -2.14. The predicted octanol–water partition coefficient (Wildman–Crippen LogP) is 2.92. The molecular weight excluding hydrogens is 512 g/mol. The third kappa shape index (κ3) is 10.6. The Labute approximate surface area is 201 Å². The third-order valence-corrected chi connectivity index (χ3v) is 4.56. The molecule has 0 atom stereocenters. The zero-order valence-corrected chi connectivity index (χ0v) is 19.7. The quantitative estimate of drug-likeness (QED) is 0.183. The fourth-order valence-corrected chi connectivity index (χ4v) is 2.98. The molecule has 0 heterocycles. The van der Waals surface area contributed by atoms with Gasteiger partial charge in [-0.25, -0.2) is 8.37 Å². The van der Waals surface area contributed by atoms with E-state index in [4.69, 9.17) is 32.8 Å². The Balaban J connectivity index is 2.15. The molecule has 2 aromatic rings. The van der Waals surface area contributed by atoms with Crippen LogP contribution >= 0.6 is 0 Å². The number of ether oxygens (including phenoxy) is 5. The minimum atomic E-state index is -4.61. The second-order valence-corrected chi connectivity index (χ2v) is 8.27. The van der Waals surface area contributed by atoms with Gasteiger partial charge >= 0.3 is 20.8 Å². The highest BCUT2D eigenvalue weighted by Gasteiger charge is 2.12. The second kappa shape index (κ2) is 12.9. The van der Waals surface area contributed by atoms with Crippen molar-refractivity contribution in [2.24, 2.45) is 0 Å². The van der Waals surface area contributed by atoms with Crippen LogP contribution in [-0.2, 0) is 29.2 Å². The van der Waals surface area contributed by atoms with Crippen molar-refractivity contribution in [3.8, 4) is 34.5 Å². The summed E-state index contributed by atoms with van der Waals surface area (Å²) in [4.78, 5) is 0. The van der Waals surface area contributed by atoms with Crippen LogP contribution in [0.3, 0.4) is 0 Å². The Morgan fingerprint density at radius 1 is 0.657 bits per heavy atom. The van der Waals surface area contributed by atoms with Crippen molar-refractivity contribution >= 4 is 20.8 Å². The summed E-state index contributed by atoms with van der Waals surface area (Å²) in [6.07, 6.45) is 2.32. The summed E-state index contributed by atoms with van der Waals surface area (Å²) >= 11 is 0. The minimum Gasteiger partial charge on any atom is -0.487 e. The van der Waals surface area contributed by atoms with Gasteiger partial charge < -0.3 is 23.7 Å². The van der Waals surface area contributed by atoms with Gasteiger partial charge in [0.1, 0.15) is 37.9 Å². The molecule has 2 rings (SSSR count). The molecule has 0 amide bonds. The lowest BCUT2D eigenvalue weighted by Crippen LogP contribution is -2.12. The molecular formula is C20H22O13S2. The van der Waals surface area contributed by atoms with Gasteiger partial charge in [-0.3, -0.25) is 9.11 Å². The third-order valence-electron chi connectivity index (χ3n) is 3.63. The van der Waals surface area contributed by atoms with Crippen LogP contribution in [-0.4, -0.2) is 52.4 Å². The molecule has 0 aliphatic rings. The van der Waals surface area contributed by atoms with Crippen molar-refractivity contribution in [1.82, 2.24) is 0 Å². The van der Waals surface area contributed by atoms with E-state index in [2.05, 4.69) is 21.5 Å². The zero-order chi connectivity index (χ0) is 25.9. The van der Waals surface area contributed by atoms with E-state index in [1.165, 1.54) is 24.3 Å². The summed E-state index contributed by atoms with van der Waals surface area (Å²) in [6, 6.07) is 9.01. The van der Waals surface area contributed by atoms with Crippen molar-refractivity contribution in [3.05, 3.63) is 62.1 Å². The maximum Gasteiger partial charge on any atom is 0.397 e. The fraction of sp³-hybridized carbons (Fsp3) is 0.200. The Morgan fingerprint density at radius 2 is 1.06 bits per heavy atom. The smallest absolute Gasteiger partial charge is 0.397 e. The lowest BCUT2D eigenvalue weighted by molar-refractivity contribution is 0.198. The number of hydrogen-bond acceptors (Lipinski definition) is 11. The molecule has 15 heteroatoms. The van der Waals surface area contributed by atoms with Gasteiger partial charge in [-0.15, -0.1) is 0 Å². The number of hydrogen-bond donors (Lipinski definition) is 2. The first-order valence-electron chi connectivity index (χ1n) is 9.51. The maximum absolute atomic E-state index is 10.6. The van der Waals surface area contributed by atoms with E-state index in [1.54, 1.807) is 12.1 Å². The molecule has 0 spiro atoms. The van der Waals surface area contributed by atoms with Crippen molar-refractivity contribution < 1.29 is 58.0 Å². The Morgan fingerprint density at radius 3 is 1.40 bits per heavy atom. The molecule has 0 fully saturated rings. The van der Waals surface area contributed by atoms with Gasteiger partial charge in [-0.2, -0.15) is 16.8 Å². The molecule has 2 N–H and O–H groups in total. The van der Waals surface area contributed by atoms with Crippen LogP contribution < -0.4 is 23.7 Å². The largest absolute Gasteiger partial charge is 0.487 e. The van der Waals surface area contributed by atoms with Gasteiger partial charge in [-0.1, -0.05) is 13.2 Å². The standard InChI is InChI=1S/C20H22O13S2/c1-3-27-17-7-5-15(13-19(17)29-9-11-31-34(21,22)23)33-16-6-8-18(28-4-2)20(14-16)30-10-12-32-35(24,25)26/h3-8,13-14H,1-2,9-12H2,(H,21,22,23)(H,24,25,26).